The van der Waals surface area contributed by atoms with Crippen LogP contribution in [-0.2, 0) is 16.8 Å². The molecule has 0 fully saturated rings. The molecule has 6 nitrogen and oxygen atoms in total. The quantitative estimate of drug-likeness (QED) is 0.782. The number of benzene rings is 1. The van der Waals surface area contributed by atoms with Crippen LogP contribution >= 0.6 is 0 Å². The van der Waals surface area contributed by atoms with E-state index in [9.17, 15) is 8.42 Å². The fourth-order valence-electron chi connectivity index (χ4n) is 1.68. The van der Waals surface area contributed by atoms with Crippen molar-refractivity contribution < 1.29 is 17.9 Å². The molecule has 0 saturated carbocycles. The van der Waals surface area contributed by atoms with Gasteiger partial charge in [-0.15, -0.1) is 0 Å². The zero-order chi connectivity index (χ0) is 14.6. The van der Waals surface area contributed by atoms with Crippen molar-refractivity contribution >= 4 is 10.2 Å². The van der Waals surface area contributed by atoms with Gasteiger partial charge in [-0.2, -0.15) is 17.0 Å². The average Bonchev–Trinajstić information content (AvgIpc) is 2.37. The summed E-state index contributed by atoms with van der Waals surface area (Å²) in [5.74, 6) is 1.13. The monoisotopic (exact) mass is 288 g/mol. The fraction of sp³-hybridized carbons (Fsp3) is 0.500. The van der Waals surface area contributed by atoms with Gasteiger partial charge in [-0.3, -0.25) is 0 Å². The number of ether oxygens (including phenoxy) is 2. The summed E-state index contributed by atoms with van der Waals surface area (Å²) in [6.45, 7) is 0.209. The first-order chi connectivity index (χ1) is 8.84. The topological polar surface area (TPSA) is 59.1 Å². The molecule has 0 radical (unpaired) electrons. The van der Waals surface area contributed by atoms with E-state index in [0.29, 0.717) is 11.5 Å². The van der Waals surface area contributed by atoms with Gasteiger partial charge in [0.15, 0.2) is 11.5 Å². The van der Waals surface area contributed by atoms with Crippen LogP contribution in [0.2, 0.25) is 0 Å². The summed E-state index contributed by atoms with van der Waals surface area (Å²) in [4.78, 5) is 0. The van der Waals surface area contributed by atoms with Crippen LogP contribution in [-0.4, -0.2) is 52.4 Å². The van der Waals surface area contributed by atoms with Crippen LogP contribution in [0.5, 0.6) is 11.5 Å². The molecule has 108 valence electrons. The maximum atomic E-state index is 12.0. The Morgan fingerprint density at radius 1 is 1.11 bits per heavy atom. The number of nitrogens with zero attached hydrogens (tertiary/aromatic N) is 2. The lowest BCUT2D eigenvalue weighted by Gasteiger charge is -2.22. The van der Waals surface area contributed by atoms with E-state index in [1.165, 1.54) is 36.9 Å². The first kappa shape index (κ1) is 15.7. The minimum absolute atomic E-state index is 0.209. The summed E-state index contributed by atoms with van der Waals surface area (Å²) in [6.07, 6.45) is 0. The van der Waals surface area contributed by atoms with Gasteiger partial charge in [0, 0.05) is 33.3 Å². The maximum Gasteiger partial charge on any atom is 0.281 e. The number of para-hydroxylation sites is 1. The fourth-order valence-corrected chi connectivity index (χ4v) is 2.54. The van der Waals surface area contributed by atoms with Crippen LogP contribution in [0.1, 0.15) is 5.56 Å². The van der Waals surface area contributed by atoms with Crippen LogP contribution in [0.25, 0.3) is 0 Å². The van der Waals surface area contributed by atoms with Gasteiger partial charge in [0.1, 0.15) is 0 Å². The lowest BCUT2D eigenvalue weighted by Crippen LogP contribution is -2.36. The lowest BCUT2D eigenvalue weighted by molar-refractivity contribution is 0.345. The van der Waals surface area contributed by atoms with Crippen molar-refractivity contribution in [2.45, 2.75) is 6.54 Å². The molecule has 0 N–H and O–H groups in total. The van der Waals surface area contributed by atoms with Crippen LogP contribution in [0.4, 0.5) is 0 Å². The summed E-state index contributed by atoms with van der Waals surface area (Å²) in [5.41, 5.74) is 0.745. The second-order valence-corrected chi connectivity index (χ2v) is 6.45. The summed E-state index contributed by atoms with van der Waals surface area (Å²) in [5, 5.41) is 0. The lowest BCUT2D eigenvalue weighted by atomic mass is 10.2. The predicted molar refractivity (Wildman–Crippen MR) is 73.6 cm³/mol. The van der Waals surface area contributed by atoms with Crippen molar-refractivity contribution in [1.82, 2.24) is 8.61 Å². The Morgan fingerprint density at radius 3 is 2.21 bits per heavy atom. The zero-order valence-electron chi connectivity index (χ0n) is 11.9. The highest BCUT2D eigenvalue weighted by molar-refractivity contribution is 7.86. The van der Waals surface area contributed by atoms with Crippen molar-refractivity contribution in [2.24, 2.45) is 0 Å². The second-order valence-electron chi connectivity index (χ2n) is 4.20. The normalized spacial score (nSPS) is 11.9. The molecule has 7 heteroatoms. The molecule has 0 unspecified atom stereocenters. The minimum Gasteiger partial charge on any atom is -0.493 e. The van der Waals surface area contributed by atoms with Gasteiger partial charge in [-0.05, 0) is 6.07 Å². The summed E-state index contributed by atoms with van der Waals surface area (Å²) in [6, 6.07) is 5.37. The SMILES string of the molecule is COc1cccc(CN(C)S(=O)(=O)N(C)C)c1OC. The molecule has 0 heterocycles. The largest absolute Gasteiger partial charge is 0.493 e. The molecule has 19 heavy (non-hydrogen) atoms. The minimum atomic E-state index is -3.45. The first-order valence-electron chi connectivity index (χ1n) is 5.68. The van der Waals surface area contributed by atoms with E-state index in [4.69, 9.17) is 9.47 Å². The van der Waals surface area contributed by atoms with E-state index in [1.807, 2.05) is 6.07 Å². The van der Waals surface area contributed by atoms with E-state index in [2.05, 4.69) is 0 Å². The van der Waals surface area contributed by atoms with E-state index in [-0.39, 0.29) is 6.54 Å². The van der Waals surface area contributed by atoms with Crippen LogP contribution in [0.3, 0.4) is 0 Å². The van der Waals surface area contributed by atoms with Crippen molar-refractivity contribution in [3.05, 3.63) is 23.8 Å². The van der Waals surface area contributed by atoms with E-state index >= 15 is 0 Å². The van der Waals surface area contributed by atoms with E-state index < -0.39 is 10.2 Å². The summed E-state index contributed by atoms with van der Waals surface area (Å²) in [7, 11) is 4.14. The van der Waals surface area contributed by atoms with Gasteiger partial charge >= 0.3 is 0 Å². The Balaban J connectivity index is 3.07. The molecule has 0 aromatic heterocycles. The number of hydrogen-bond acceptors (Lipinski definition) is 4. The van der Waals surface area contributed by atoms with Gasteiger partial charge in [-0.1, -0.05) is 12.1 Å². The van der Waals surface area contributed by atoms with Gasteiger partial charge in [0.25, 0.3) is 10.2 Å². The highest BCUT2D eigenvalue weighted by atomic mass is 32.2. The first-order valence-corrected chi connectivity index (χ1v) is 7.08. The molecule has 0 bridgehead atoms. The smallest absolute Gasteiger partial charge is 0.281 e. The number of hydrogen-bond donors (Lipinski definition) is 0. The van der Waals surface area contributed by atoms with Crippen molar-refractivity contribution in [3.63, 3.8) is 0 Å². The molecule has 0 spiro atoms. The zero-order valence-corrected chi connectivity index (χ0v) is 12.7. The highest BCUT2D eigenvalue weighted by Crippen LogP contribution is 2.31. The molecule has 0 aliphatic heterocycles. The van der Waals surface area contributed by atoms with Crippen molar-refractivity contribution in [1.29, 1.82) is 0 Å². The Morgan fingerprint density at radius 2 is 1.74 bits per heavy atom. The third-order valence-corrected chi connectivity index (χ3v) is 4.57. The predicted octanol–water partition coefficient (Wildman–Crippen LogP) is 0.942. The standard InChI is InChI=1S/C12H20N2O4S/c1-13(2)19(15,16)14(3)9-10-7-6-8-11(17-4)12(10)18-5/h6-8H,9H2,1-5H3. The van der Waals surface area contributed by atoms with E-state index in [0.717, 1.165) is 5.56 Å². The van der Waals surface area contributed by atoms with Crippen molar-refractivity contribution in [2.75, 3.05) is 35.4 Å². The molecular formula is C12H20N2O4S. The summed E-state index contributed by atoms with van der Waals surface area (Å²) >= 11 is 0. The average molecular weight is 288 g/mol. The highest BCUT2D eigenvalue weighted by Gasteiger charge is 2.22. The van der Waals surface area contributed by atoms with Gasteiger partial charge in [0.2, 0.25) is 0 Å². The Bertz CT molecular complexity index is 529. The molecule has 1 aromatic rings. The molecule has 0 aliphatic carbocycles. The van der Waals surface area contributed by atoms with Crippen LogP contribution in [0.15, 0.2) is 18.2 Å². The summed E-state index contributed by atoms with van der Waals surface area (Å²) < 4.78 is 36.8. The molecular weight excluding hydrogens is 268 g/mol. The molecule has 0 aliphatic rings. The van der Waals surface area contributed by atoms with E-state index in [1.54, 1.807) is 19.2 Å². The van der Waals surface area contributed by atoms with Crippen LogP contribution in [0, 0.1) is 0 Å². The second kappa shape index (κ2) is 6.23. The van der Waals surface area contributed by atoms with Crippen LogP contribution < -0.4 is 9.47 Å². The number of methoxy groups -OCH3 is 2. The van der Waals surface area contributed by atoms with Crippen molar-refractivity contribution in [3.8, 4) is 11.5 Å². The maximum absolute atomic E-state index is 12.0. The number of rotatable bonds is 6. The molecule has 0 amide bonds. The third-order valence-electron chi connectivity index (χ3n) is 2.73. The van der Waals surface area contributed by atoms with Gasteiger partial charge in [0.05, 0.1) is 14.2 Å². The Labute approximate surface area is 114 Å². The Kier molecular flexibility index (Phi) is 5.16. The van der Waals surface area contributed by atoms with Gasteiger partial charge < -0.3 is 9.47 Å². The Hall–Kier alpha value is -1.31. The molecule has 1 rings (SSSR count). The molecule has 0 saturated heterocycles. The third kappa shape index (κ3) is 3.37. The molecule has 0 atom stereocenters. The molecule has 1 aromatic carbocycles. The van der Waals surface area contributed by atoms with Gasteiger partial charge in [-0.25, -0.2) is 0 Å².